The minimum Gasteiger partial charge on any atom is -0.461 e. The molecule has 1 rings (SSSR count). The third kappa shape index (κ3) is 7.36. The molecule has 0 spiro atoms. The molecule has 0 radical (unpaired) electrons. The molecule has 0 unspecified atom stereocenters. The number of rotatable bonds is 9. The molecule has 0 aliphatic heterocycles. The molecule has 108 valence electrons. The molecule has 0 aliphatic carbocycles. The first kappa shape index (κ1) is 16.0. The Hall–Kier alpha value is -2.10. The normalized spacial score (nSPS) is 9.80. The van der Waals surface area contributed by atoms with Gasteiger partial charge in [-0.05, 0) is 18.4 Å². The van der Waals surface area contributed by atoms with Crippen LogP contribution in [0.3, 0.4) is 0 Å². The summed E-state index contributed by atoms with van der Waals surface area (Å²) in [7, 11) is 0. The zero-order chi connectivity index (χ0) is 14.6. The lowest BCUT2D eigenvalue weighted by atomic mass is 10.2. The van der Waals surface area contributed by atoms with E-state index in [1.807, 2.05) is 30.3 Å². The third-order valence-electron chi connectivity index (χ3n) is 2.62. The van der Waals surface area contributed by atoms with Crippen molar-refractivity contribution in [2.24, 2.45) is 0 Å². The fourth-order valence-corrected chi connectivity index (χ4v) is 1.57. The number of carbonyl (C=O) groups excluding carboxylic acids is 2. The van der Waals surface area contributed by atoms with Gasteiger partial charge in [-0.25, -0.2) is 0 Å². The van der Waals surface area contributed by atoms with E-state index in [0.29, 0.717) is 32.3 Å². The van der Waals surface area contributed by atoms with Crippen LogP contribution in [0.4, 0.5) is 0 Å². The molecule has 4 heteroatoms. The van der Waals surface area contributed by atoms with Crippen molar-refractivity contribution in [1.82, 2.24) is 0 Å². The highest BCUT2D eigenvalue weighted by molar-refractivity contribution is 5.70. The Labute approximate surface area is 119 Å². The molecular formula is C16H20O4. The van der Waals surface area contributed by atoms with Crippen molar-refractivity contribution in [2.75, 3.05) is 6.61 Å². The van der Waals surface area contributed by atoms with E-state index in [4.69, 9.17) is 9.47 Å². The number of benzene rings is 1. The zero-order valence-corrected chi connectivity index (χ0v) is 11.5. The first-order chi connectivity index (χ1) is 9.72. The smallest absolute Gasteiger partial charge is 0.306 e. The van der Waals surface area contributed by atoms with Gasteiger partial charge in [0.15, 0.2) is 0 Å². The number of ether oxygens (including phenoxy) is 2. The first-order valence-corrected chi connectivity index (χ1v) is 6.68. The monoisotopic (exact) mass is 276 g/mol. The zero-order valence-electron chi connectivity index (χ0n) is 11.5. The van der Waals surface area contributed by atoms with Crippen molar-refractivity contribution in [1.29, 1.82) is 0 Å². The minimum absolute atomic E-state index is 0.234. The lowest BCUT2D eigenvalue weighted by Gasteiger charge is -2.05. The van der Waals surface area contributed by atoms with Gasteiger partial charge < -0.3 is 9.47 Å². The van der Waals surface area contributed by atoms with Crippen LogP contribution in [-0.2, 0) is 25.7 Å². The van der Waals surface area contributed by atoms with Gasteiger partial charge in [0.05, 0.1) is 0 Å². The summed E-state index contributed by atoms with van der Waals surface area (Å²) in [6.45, 7) is 3.99. The van der Waals surface area contributed by atoms with Gasteiger partial charge in [-0.15, -0.1) is 0 Å². The van der Waals surface area contributed by atoms with Gasteiger partial charge in [-0.3, -0.25) is 9.59 Å². The summed E-state index contributed by atoms with van der Waals surface area (Å²) < 4.78 is 9.96. The fourth-order valence-electron chi connectivity index (χ4n) is 1.57. The summed E-state index contributed by atoms with van der Waals surface area (Å²) in [5, 5.41) is 0. The molecule has 0 atom stereocenters. The summed E-state index contributed by atoms with van der Waals surface area (Å²) >= 11 is 0. The minimum atomic E-state index is -0.262. The summed E-state index contributed by atoms with van der Waals surface area (Å²) in [5.74, 6) is -0.504. The van der Waals surface area contributed by atoms with Crippen LogP contribution < -0.4 is 0 Å². The molecule has 0 heterocycles. The van der Waals surface area contributed by atoms with Crippen LogP contribution in [0.2, 0.25) is 0 Å². The molecule has 4 nitrogen and oxygen atoms in total. The summed E-state index contributed by atoms with van der Waals surface area (Å²) in [4.78, 5) is 22.7. The predicted molar refractivity (Wildman–Crippen MR) is 75.9 cm³/mol. The van der Waals surface area contributed by atoms with Gasteiger partial charge in [0.2, 0.25) is 0 Å². The number of unbranched alkanes of at least 4 members (excludes halogenated alkanes) is 1. The lowest BCUT2D eigenvalue weighted by Crippen LogP contribution is -2.06. The average molecular weight is 276 g/mol. The van der Waals surface area contributed by atoms with Crippen LogP contribution in [0.25, 0.3) is 0 Å². The van der Waals surface area contributed by atoms with Crippen LogP contribution in [0, 0.1) is 0 Å². The summed E-state index contributed by atoms with van der Waals surface area (Å²) in [6, 6.07) is 9.53. The molecule has 1 aromatic rings. The van der Waals surface area contributed by atoms with E-state index in [1.165, 1.54) is 6.08 Å². The van der Waals surface area contributed by atoms with Gasteiger partial charge in [0.25, 0.3) is 0 Å². The molecule has 1 aromatic carbocycles. The van der Waals surface area contributed by atoms with Crippen LogP contribution in [0.5, 0.6) is 0 Å². The van der Waals surface area contributed by atoms with Crippen molar-refractivity contribution in [3.05, 3.63) is 48.6 Å². The number of hydrogen-bond donors (Lipinski definition) is 0. The topological polar surface area (TPSA) is 52.6 Å². The highest BCUT2D eigenvalue weighted by Gasteiger charge is 2.05. The van der Waals surface area contributed by atoms with Crippen molar-refractivity contribution >= 4 is 11.9 Å². The maximum Gasteiger partial charge on any atom is 0.306 e. The van der Waals surface area contributed by atoms with Crippen molar-refractivity contribution in [3.63, 3.8) is 0 Å². The molecule has 0 saturated carbocycles. The van der Waals surface area contributed by atoms with Crippen molar-refractivity contribution in [3.8, 4) is 0 Å². The molecule has 0 aromatic heterocycles. The van der Waals surface area contributed by atoms with E-state index < -0.39 is 0 Å². The van der Waals surface area contributed by atoms with E-state index in [2.05, 4.69) is 6.58 Å². The van der Waals surface area contributed by atoms with Gasteiger partial charge in [-0.1, -0.05) is 43.0 Å². The van der Waals surface area contributed by atoms with Gasteiger partial charge >= 0.3 is 11.9 Å². The molecule has 0 fully saturated rings. The number of carbonyl (C=O) groups is 2. The van der Waals surface area contributed by atoms with Crippen LogP contribution in [0.15, 0.2) is 43.0 Å². The van der Waals surface area contributed by atoms with Gasteiger partial charge in [0.1, 0.15) is 13.2 Å². The van der Waals surface area contributed by atoms with Crippen LogP contribution in [-0.4, -0.2) is 18.5 Å². The van der Waals surface area contributed by atoms with E-state index in [0.717, 1.165) is 5.56 Å². The second kappa shape index (κ2) is 9.78. The number of esters is 2. The molecule has 0 amide bonds. The maximum absolute atomic E-state index is 11.5. The standard InChI is InChI=1S/C16H20O4/c1-2-12-19-15(17)10-6-7-11-16(18)20-13-14-8-4-3-5-9-14/h2-5,8-9H,1,6-7,10-13H2. The Balaban J connectivity index is 2.06. The Kier molecular flexibility index (Phi) is 7.80. The second-order valence-electron chi connectivity index (χ2n) is 4.33. The van der Waals surface area contributed by atoms with Crippen molar-refractivity contribution < 1.29 is 19.1 Å². The van der Waals surface area contributed by atoms with E-state index in [-0.39, 0.29) is 18.5 Å². The molecule has 0 bridgehead atoms. The van der Waals surface area contributed by atoms with Crippen LogP contribution in [0.1, 0.15) is 31.2 Å². The van der Waals surface area contributed by atoms with E-state index in [9.17, 15) is 9.59 Å². The van der Waals surface area contributed by atoms with E-state index >= 15 is 0 Å². The fraction of sp³-hybridized carbons (Fsp3) is 0.375. The highest BCUT2D eigenvalue weighted by Crippen LogP contribution is 2.05. The second-order valence-corrected chi connectivity index (χ2v) is 4.33. The summed E-state index contributed by atoms with van der Waals surface area (Å²) in [5.41, 5.74) is 0.967. The molecule has 20 heavy (non-hydrogen) atoms. The van der Waals surface area contributed by atoms with Gasteiger partial charge in [0, 0.05) is 12.8 Å². The molecule has 0 aliphatic rings. The first-order valence-electron chi connectivity index (χ1n) is 6.68. The van der Waals surface area contributed by atoms with E-state index in [1.54, 1.807) is 0 Å². The Morgan fingerprint density at radius 3 is 2.20 bits per heavy atom. The largest absolute Gasteiger partial charge is 0.461 e. The number of hydrogen-bond acceptors (Lipinski definition) is 4. The Morgan fingerprint density at radius 2 is 1.60 bits per heavy atom. The third-order valence-corrected chi connectivity index (χ3v) is 2.62. The SMILES string of the molecule is C=CCOC(=O)CCCCC(=O)OCc1ccccc1. The maximum atomic E-state index is 11.5. The molecule has 0 N–H and O–H groups in total. The van der Waals surface area contributed by atoms with Crippen LogP contribution >= 0.6 is 0 Å². The average Bonchev–Trinajstić information content (AvgIpc) is 2.48. The van der Waals surface area contributed by atoms with Crippen molar-refractivity contribution in [2.45, 2.75) is 32.3 Å². The summed E-state index contributed by atoms with van der Waals surface area (Å²) in [6.07, 6.45) is 3.41. The Bertz CT molecular complexity index is 425. The predicted octanol–water partition coefficient (Wildman–Crippen LogP) is 3.02. The molecule has 0 saturated heterocycles. The highest BCUT2D eigenvalue weighted by atomic mass is 16.5. The Morgan fingerprint density at radius 1 is 1.00 bits per heavy atom. The quantitative estimate of drug-likeness (QED) is 0.395. The van der Waals surface area contributed by atoms with Gasteiger partial charge in [-0.2, -0.15) is 0 Å². The molecular weight excluding hydrogens is 256 g/mol. The lowest BCUT2D eigenvalue weighted by molar-refractivity contribution is -0.146.